The quantitative estimate of drug-likeness (QED) is 0.826. The van der Waals surface area contributed by atoms with Crippen molar-refractivity contribution in [3.05, 3.63) is 11.1 Å². The van der Waals surface area contributed by atoms with Gasteiger partial charge in [0.25, 0.3) is 0 Å². The van der Waals surface area contributed by atoms with Crippen molar-refractivity contribution in [1.82, 2.24) is 10.3 Å². The second-order valence-corrected chi connectivity index (χ2v) is 3.75. The van der Waals surface area contributed by atoms with Crippen LogP contribution in [-0.2, 0) is 16.0 Å². The second-order valence-electron chi connectivity index (χ2n) is 2.89. The Labute approximate surface area is 97.0 Å². The van der Waals surface area contributed by atoms with Crippen molar-refractivity contribution in [2.75, 3.05) is 19.0 Å². The van der Waals surface area contributed by atoms with Crippen molar-refractivity contribution in [3.8, 4) is 0 Å². The molecule has 7 heteroatoms. The summed E-state index contributed by atoms with van der Waals surface area (Å²) < 4.78 is 4.42. The van der Waals surface area contributed by atoms with E-state index in [1.165, 1.54) is 18.4 Å². The number of rotatable bonds is 4. The highest BCUT2D eigenvalue weighted by atomic mass is 32.1. The molecule has 0 atom stereocenters. The number of anilines is 1. The number of nitrogens with zero attached hydrogens (tertiary/aromatic N) is 1. The van der Waals surface area contributed by atoms with Gasteiger partial charge in [-0.25, -0.2) is 9.78 Å². The van der Waals surface area contributed by atoms with Gasteiger partial charge in [-0.05, 0) is 6.92 Å². The van der Waals surface area contributed by atoms with Gasteiger partial charge in [-0.15, -0.1) is 11.3 Å². The highest BCUT2D eigenvalue weighted by Gasteiger charge is 2.08. The van der Waals surface area contributed by atoms with Gasteiger partial charge >= 0.3 is 6.09 Å². The van der Waals surface area contributed by atoms with Crippen molar-refractivity contribution >= 4 is 28.5 Å². The summed E-state index contributed by atoms with van der Waals surface area (Å²) in [7, 11) is 1.28. The minimum Gasteiger partial charge on any atom is -0.453 e. The third-order valence-electron chi connectivity index (χ3n) is 1.66. The van der Waals surface area contributed by atoms with Gasteiger partial charge in [0.1, 0.15) is 0 Å². The zero-order valence-electron chi connectivity index (χ0n) is 9.07. The molecule has 16 heavy (non-hydrogen) atoms. The maximum Gasteiger partial charge on any atom is 0.413 e. The second kappa shape index (κ2) is 6.06. The highest BCUT2D eigenvalue weighted by molar-refractivity contribution is 7.13. The molecule has 1 rings (SSSR count). The van der Waals surface area contributed by atoms with Gasteiger partial charge in [0.2, 0.25) is 5.91 Å². The smallest absolute Gasteiger partial charge is 0.413 e. The Morgan fingerprint density at radius 2 is 2.31 bits per heavy atom. The molecule has 0 saturated carbocycles. The molecule has 6 nitrogen and oxygen atoms in total. The van der Waals surface area contributed by atoms with Crippen LogP contribution in [0.4, 0.5) is 9.93 Å². The molecular formula is C9H13N3O3S. The van der Waals surface area contributed by atoms with Crippen molar-refractivity contribution < 1.29 is 14.3 Å². The topological polar surface area (TPSA) is 80.3 Å². The van der Waals surface area contributed by atoms with E-state index in [-0.39, 0.29) is 12.3 Å². The first-order valence-electron chi connectivity index (χ1n) is 4.71. The van der Waals surface area contributed by atoms with E-state index in [0.29, 0.717) is 17.4 Å². The Balaban J connectivity index is 2.51. The van der Waals surface area contributed by atoms with E-state index in [2.05, 4.69) is 20.4 Å². The van der Waals surface area contributed by atoms with Gasteiger partial charge in [0, 0.05) is 11.9 Å². The van der Waals surface area contributed by atoms with E-state index in [0.717, 1.165) is 0 Å². The van der Waals surface area contributed by atoms with E-state index < -0.39 is 6.09 Å². The summed E-state index contributed by atoms with van der Waals surface area (Å²) >= 11 is 1.25. The number of amides is 2. The van der Waals surface area contributed by atoms with Gasteiger partial charge < -0.3 is 10.1 Å². The maximum absolute atomic E-state index is 11.2. The van der Waals surface area contributed by atoms with E-state index in [9.17, 15) is 9.59 Å². The Morgan fingerprint density at radius 3 is 2.94 bits per heavy atom. The normalized spacial score (nSPS) is 9.62. The summed E-state index contributed by atoms with van der Waals surface area (Å²) in [6.07, 6.45) is -0.355. The lowest BCUT2D eigenvalue weighted by Crippen LogP contribution is -2.24. The Morgan fingerprint density at radius 1 is 1.56 bits per heavy atom. The lowest BCUT2D eigenvalue weighted by molar-refractivity contribution is -0.120. The molecule has 1 heterocycles. The predicted octanol–water partition coefficient (Wildman–Crippen LogP) is 1.00. The Kier molecular flexibility index (Phi) is 4.71. The standard InChI is InChI=1S/C9H13N3O3S/c1-3-10-7(13)4-6-5-16-8(11-6)12-9(14)15-2/h5H,3-4H2,1-2H3,(H,10,13)(H,11,12,14). The fourth-order valence-electron chi connectivity index (χ4n) is 1.01. The summed E-state index contributed by atoms with van der Waals surface area (Å²) in [6, 6.07) is 0. The van der Waals surface area contributed by atoms with Crippen LogP contribution in [-0.4, -0.2) is 30.6 Å². The predicted molar refractivity (Wildman–Crippen MR) is 60.5 cm³/mol. The van der Waals surface area contributed by atoms with Gasteiger partial charge in [-0.2, -0.15) is 0 Å². The maximum atomic E-state index is 11.2. The SMILES string of the molecule is CCNC(=O)Cc1csc(NC(=O)OC)n1. The van der Waals surface area contributed by atoms with Gasteiger partial charge in [0.15, 0.2) is 5.13 Å². The Hall–Kier alpha value is -1.63. The molecule has 1 aromatic heterocycles. The molecule has 0 aliphatic rings. The van der Waals surface area contributed by atoms with Crippen molar-refractivity contribution in [2.24, 2.45) is 0 Å². The first-order chi connectivity index (χ1) is 7.65. The van der Waals surface area contributed by atoms with Crippen LogP contribution < -0.4 is 10.6 Å². The average molecular weight is 243 g/mol. The van der Waals surface area contributed by atoms with Crippen LogP contribution in [0.15, 0.2) is 5.38 Å². The molecule has 0 saturated heterocycles. The lowest BCUT2D eigenvalue weighted by Gasteiger charge is -1.99. The molecule has 0 aliphatic heterocycles. The Bertz CT molecular complexity index is 378. The number of methoxy groups -OCH3 is 1. The highest BCUT2D eigenvalue weighted by Crippen LogP contribution is 2.15. The summed E-state index contributed by atoms with van der Waals surface area (Å²) in [6.45, 7) is 2.44. The first-order valence-corrected chi connectivity index (χ1v) is 5.59. The number of likely N-dealkylation sites (N-methyl/N-ethyl adjacent to an activating group) is 1. The first kappa shape index (κ1) is 12.4. The van der Waals surface area contributed by atoms with Gasteiger partial charge in [0.05, 0.1) is 19.2 Å². The van der Waals surface area contributed by atoms with E-state index in [1.807, 2.05) is 6.92 Å². The van der Waals surface area contributed by atoms with Crippen molar-refractivity contribution in [1.29, 1.82) is 0 Å². The van der Waals surface area contributed by atoms with Gasteiger partial charge in [-0.1, -0.05) is 0 Å². The molecule has 0 radical (unpaired) electrons. The monoisotopic (exact) mass is 243 g/mol. The van der Waals surface area contributed by atoms with Crippen LogP contribution in [0.25, 0.3) is 0 Å². The molecule has 0 unspecified atom stereocenters. The van der Waals surface area contributed by atoms with Crippen LogP contribution in [0.3, 0.4) is 0 Å². The van der Waals surface area contributed by atoms with Gasteiger partial charge in [-0.3, -0.25) is 10.1 Å². The fraction of sp³-hybridized carbons (Fsp3) is 0.444. The molecule has 0 fully saturated rings. The number of carbonyl (C=O) groups is 2. The van der Waals surface area contributed by atoms with E-state index >= 15 is 0 Å². The summed E-state index contributed by atoms with van der Waals surface area (Å²) in [4.78, 5) is 26.2. The molecule has 0 aromatic carbocycles. The largest absolute Gasteiger partial charge is 0.453 e. The summed E-state index contributed by atoms with van der Waals surface area (Å²) in [5.41, 5.74) is 0.627. The zero-order valence-corrected chi connectivity index (χ0v) is 9.89. The number of carbonyl (C=O) groups excluding carboxylic acids is 2. The van der Waals surface area contributed by atoms with Crippen LogP contribution in [0.5, 0.6) is 0 Å². The number of aromatic nitrogens is 1. The molecule has 0 aliphatic carbocycles. The number of ether oxygens (including phenoxy) is 1. The number of hydrogen-bond acceptors (Lipinski definition) is 5. The van der Waals surface area contributed by atoms with Crippen molar-refractivity contribution in [3.63, 3.8) is 0 Å². The van der Waals surface area contributed by atoms with E-state index in [1.54, 1.807) is 5.38 Å². The van der Waals surface area contributed by atoms with Crippen LogP contribution in [0.2, 0.25) is 0 Å². The molecule has 2 amide bonds. The average Bonchev–Trinajstić information content (AvgIpc) is 2.65. The third-order valence-corrected chi connectivity index (χ3v) is 2.47. The van der Waals surface area contributed by atoms with Crippen LogP contribution in [0, 0.1) is 0 Å². The molecule has 0 bridgehead atoms. The number of thiazole rings is 1. The molecule has 2 N–H and O–H groups in total. The molecule has 88 valence electrons. The minimum atomic E-state index is -0.570. The molecule has 0 spiro atoms. The molecule has 1 aromatic rings. The lowest BCUT2D eigenvalue weighted by atomic mass is 10.3. The number of hydrogen-bond donors (Lipinski definition) is 2. The number of nitrogens with one attached hydrogen (secondary N) is 2. The minimum absolute atomic E-state index is 0.0857. The van der Waals surface area contributed by atoms with Crippen LogP contribution >= 0.6 is 11.3 Å². The van der Waals surface area contributed by atoms with Crippen molar-refractivity contribution in [2.45, 2.75) is 13.3 Å². The summed E-state index contributed by atoms with van der Waals surface area (Å²) in [5.74, 6) is -0.0857. The third kappa shape index (κ3) is 3.85. The van der Waals surface area contributed by atoms with E-state index in [4.69, 9.17) is 0 Å². The zero-order chi connectivity index (χ0) is 12.0. The fourth-order valence-corrected chi connectivity index (χ4v) is 1.70. The summed E-state index contributed by atoms with van der Waals surface area (Å²) in [5, 5.41) is 7.25. The van der Waals surface area contributed by atoms with Crippen LogP contribution in [0.1, 0.15) is 12.6 Å². The molecular weight excluding hydrogens is 230 g/mol.